The number of rotatable bonds is 1. The predicted molar refractivity (Wildman–Crippen MR) is 52.3 cm³/mol. The smallest absolute Gasteiger partial charge is 0.232 e. The highest BCUT2D eigenvalue weighted by atomic mass is 35.5. The summed E-state index contributed by atoms with van der Waals surface area (Å²) in [6.07, 6.45) is 1.51. The molecule has 0 radical (unpaired) electrons. The average Bonchev–Trinajstić information content (AvgIpc) is 2.03. The van der Waals surface area contributed by atoms with E-state index in [4.69, 9.17) is 16.3 Å². The monoisotopic (exact) mass is 200 g/mol. The van der Waals surface area contributed by atoms with Crippen LogP contribution in [0.1, 0.15) is 26.5 Å². The first-order valence-corrected chi connectivity index (χ1v) is 4.40. The van der Waals surface area contributed by atoms with Gasteiger partial charge in [0.25, 0.3) is 0 Å². The molecule has 0 amide bonds. The molecule has 0 aliphatic carbocycles. The maximum Gasteiger partial charge on any atom is 0.232 e. The van der Waals surface area contributed by atoms with Crippen LogP contribution in [0.15, 0.2) is 6.20 Å². The Hall–Kier alpha value is -0.830. The van der Waals surface area contributed by atoms with Gasteiger partial charge in [-0.2, -0.15) is 0 Å². The summed E-state index contributed by atoms with van der Waals surface area (Å²) in [5.74, 6) is 0.495. The predicted octanol–water partition coefficient (Wildman–Crippen LogP) is 2.44. The Balaban J connectivity index is 3.19. The zero-order chi connectivity index (χ0) is 10.1. The van der Waals surface area contributed by atoms with Gasteiger partial charge in [-0.25, -0.2) is 9.97 Å². The second-order valence-electron chi connectivity index (χ2n) is 3.80. The number of halogens is 1. The minimum Gasteiger partial charge on any atom is -0.480 e. The van der Waals surface area contributed by atoms with Gasteiger partial charge in [0.15, 0.2) is 5.15 Å². The highest BCUT2D eigenvalue weighted by Crippen LogP contribution is 2.27. The lowest BCUT2D eigenvalue weighted by Gasteiger charge is -2.18. The van der Waals surface area contributed by atoms with Crippen LogP contribution in [-0.2, 0) is 5.41 Å². The van der Waals surface area contributed by atoms with Crippen molar-refractivity contribution in [2.45, 2.75) is 26.2 Å². The van der Waals surface area contributed by atoms with Crippen molar-refractivity contribution in [2.75, 3.05) is 7.11 Å². The molecule has 0 spiro atoms. The van der Waals surface area contributed by atoms with Crippen LogP contribution >= 0.6 is 11.6 Å². The molecule has 13 heavy (non-hydrogen) atoms. The normalized spacial score (nSPS) is 11.5. The largest absolute Gasteiger partial charge is 0.480 e. The van der Waals surface area contributed by atoms with E-state index in [-0.39, 0.29) is 5.41 Å². The molecule has 0 aliphatic heterocycles. The van der Waals surface area contributed by atoms with Gasteiger partial charge in [0.1, 0.15) is 0 Å². The average molecular weight is 201 g/mol. The van der Waals surface area contributed by atoms with Gasteiger partial charge in [-0.15, -0.1) is 0 Å². The third-order valence-electron chi connectivity index (χ3n) is 1.63. The fourth-order valence-corrected chi connectivity index (χ4v) is 1.31. The summed E-state index contributed by atoms with van der Waals surface area (Å²) in [5.41, 5.74) is 0.645. The quantitative estimate of drug-likeness (QED) is 0.699. The lowest BCUT2D eigenvalue weighted by atomic mass is 9.93. The van der Waals surface area contributed by atoms with E-state index in [1.54, 1.807) is 7.11 Å². The first-order valence-electron chi connectivity index (χ1n) is 4.02. The summed E-state index contributed by atoms with van der Waals surface area (Å²) in [5, 5.41) is 0.438. The second-order valence-corrected chi connectivity index (χ2v) is 4.16. The van der Waals surface area contributed by atoms with Crippen LogP contribution in [0.4, 0.5) is 0 Å². The molecule has 1 aromatic rings. The fourth-order valence-electron chi connectivity index (χ4n) is 0.934. The van der Waals surface area contributed by atoms with Crippen molar-refractivity contribution in [3.63, 3.8) is 0 Å². The zero-order valence-corrected chi connectivity index (χ0v) is 9.01. The van der Waals surface area contributed by atoms with E-state index in [1.807, 2.05) is 20.8 Å². The number of aromatic nitrogens is 2. The van der Waals surface area contributed by atoms with Gasteiger partial charge in [0.05, 0.1) is 19.0 Å². The SMILES string of the molecule is COc1cnc(Cl)c(C(C)(C)C)n1. The summed E-state index contributed by atoms with van der Waals surface area (Å²) in [4.78, 5) is 8.24. The first kappa shape index (κ1) is 10.3. The Bertz CT molecular complexity index is 307. The van der Waals surface area contributed by atoms with Crippen molar-refractivity contribution in [1.82, 2.24) is 9.97 Å². The summed E-state index contributed by atoms with van der Waals surface area (Å²) < 4.78 is 4.97. The van der Waals surface area contributed by atoms with E-state index >= 15 is 0 Å². The molecule has 3 nitrogen and oxygen atoms in total. The van der Waals surface area contributed by atoms with Crippen LogP contribution < -0.4 is 4.74 Å². The Morgan fingerprint density at radius 1 is 1.38 bits per heavy atom. The van der Waals surface area contributed by atoms with E-state index in [1.165, 1.54) is 6.20 Å². The minimum atomic E-state index is -0.112. The summed E-state index contributed by atoms with van der Waals surface area (Å²) in [6, 6.07) is 0. The molecule has 0 bridgehead atoms. The van der Waals surface area contributed by atoms with Crippen molar-refractivity contribution < 1.29 is 4.74 Å². The maximum atomic E-state index is 5.91. The molecule has 1 heterocycles. The van der Waals surface area contributed by atoms with Crippen molar-refractivity contribution in [3.8, 4) is 5.88 Å². The van der Waals surface area contributed by atoms with E-state index in [0.717, 1.165) is 5.69 Å². The topological polar surface area (TPSA) is 35.0 Å². The summed E-state index contributed by atoms with van der Waals surface area (Å²) >= 11 is 5.91. The third-order valence-corrected chi connectivity index (χ3v) is 1.90. The summed E-state index contributed by atoms with van der Waals surface area (Å²) in [7, 11) is 1.56. The van der Waals surface area contributed by atoms with Gasteiger partial charge < -0.3 is 4.74 Å². The standard InChI is InChI=1S/C9H13ClN2O/c1-9(2,3)7-8(10)11-5-6(12-7)13-4/h5H,1-4H3. The Morgan fingerprint density at radius 2 is 2.00 bits per heavy atom. The van der Waals surface area contributed by atoms with Crippen LogP contribution in [0, 0.1) is 0 Å². The number of hydrogen-bond donors (Lipinski definition) is 0. The number of methoxy groups -OCH3 is 1. The molecule has 1 rings (SSSR count). The van der Waals surface area contributed by atoms with E-state index in [9.17, 15) is 0 Å². The Labute approximate surface area is 83.1 Å². The van der Waals surface area contributed by atoms with Gasteiger partial charge >= 0.3 is 0 Å². The molecule has 0 saturated heterocycles. The molecule has 0 N–H and O–H groups in total. The zero-order valence-electron chi connectivity index (χ0n) is 8.26. The third kappa shape index (κ3) is 2.31. The van der Waals surface area contributed by atoms with E-state index < -0.39 is 0 Å². The highest BCUT2D eigenvalue weighted by molar-refractivity contribution is 6.30. The minimum absolute atomic E-state index is 0.112. The molecular formula is C9H13ClN2O. The number of ether oxygens (including phenoxy) is 1. The number of hydrogen-bond acceptors (Lipinski definition) is 3. The molecule has 0 aromatic carbocycles. The maximum absolute atomic E-state index is 5.91. The van der Waals surface area contributed by atoms with Crippen LogP contribution in [0.3, 0.4) is 0 Å². The molecule has 1 aromatic heterocycles. The molecule has 72 valence electrons. The van der Waals surface area contributed by atoms with Gasteiger partial charge in [0, 0.05) is 5.41 Å². The number of nitrogens with zero attached hydrogens (tertiary/aromatic N) is 2. The second kappa shape index (κ2) is 3.50. The molecule has 0 unspecified atom stereocenters. The lowest BCUT2D eigenvalue weighted by Crippen LogP contribution is -2.15. The molecule has 0 aliphatic rings. The van der Waals surface area contributed by atoms with Crippen molar-refractivity contribution in [1.29, 1.82) is 0 Å². The van der Waals surface area contributed by atoms with Gasteiger partial charge in [-0.3, -0.25) is 0 Å². The van der Waals surface area contributed by atoms with E-state index in [2.05, 4.69) is 9.97 Å². The fraction of sp³-hybridized carbons (Fsp3) is 0.556. The summed E-state index contributed by atoms with van der Waals surface area (Å²) in [6.45, 7) is 6.09. The Kier molecular flexibility index (Phi) is 2.76. The molecule has 0 atom stereocenters. The first-order chi connectivity index (χ1) is 5.95. The molecule has 0 saturated carbocycles. The van der Waals surface area contributed by atoms with Gasteiger partial charge in [0.2, 0.25) is 5.88 Å². The van der Waals surface area contributed by atoms with Crippen LogP contribution in [0.2, 0.25) is 5.15 Å². The molecule has 4 heteroatoms. The molecule has 0 fully saturated rings. The van der Waals surface area contributed by atoms with Crippen LogP contribution in [0.25, 0.3) is 0 Å². The van der Waals surface area contributed by atoms with Crippen molar-refractivity contribution >= 4 is 11.6 Å². The van der Waals surface area contributed by atoms with Crippen LogP contribution in [0.5, 0.6) is 5.88 Å². The van der Waals surface area contributed by atoms with Crippen LogP contribution in [-0.4, -0.2) is 17.1 Å². The van der Waals surface area contributed by atoms with Gasteiger partial charge in [-0.1, -0.05) is 32.4 Å². The van der Waals surface area contributed by atoms with Crippen molar-refractivity contribution in [2.24, 2.45) is 0 Å². The van der Waals surface area contributed by atoms with Crippen molar-refractivity contribution in [3.05, 3.63) is 17.0 Å². The molecular weight excluding hydrogens is 188 g/mol. The van der Waals surface area contributed by atoms with Gasteiger partial charge in [-0.05, 0) is 0 Å². The Morgan fingerprint density at radius 3 is 2.46 bits per heavy atom. The lowest BCUT2D eigenvalue weighted by molar-refractivity contribution is 0.389. The highest BCUT2D eigenvalue weighted by Gasteiger charge is 2.20. The van der Waals surface area contributed by atoms with E-state index in [0.29, 0.717) is 11.0 Å².